The Morgan fingerprint density at radius 1 is 1.09 bits per heavy atom. The normalized spacial score (nSPS) is 24.7. The smallest absolute Gasteiger partial charge is 0.320 e. The van der Waals surface area contributed by atoms with Crippen LogP contribution < -0.4 is 9.64 Å². The molecule has 1 aliphatic carbocycles. The van der Waals surface area contributed by atoms with E-state index in [2.05, 4.69) is 35.7 Å². The van der Waals surface area contributed by atoms with Gasteiger partial charge in [0.1, 0.15) is 18.6 Å². The number of hydrogen-bond donors (Lipinski definition) is 0. The standard InChI is InChI=1S/C34H37F2N7O2/c1-22(35)32(44)43-17-16-41(20-25(43)12-14-37)31-28-10-11-29(27-9-4-7-23-6-2-3-8-26(23)27)38-30(28)39-33(40-31)45-21-34-13-5-15-42(34)19-24(36)18-34/h4,7,9-11,24-25H,1-3,5-6,8,12-13,15-21H2/t24-,25+,34+/m1/s1. The number of nitrogens with zero attached hydrogens (tertiary/aromatic N) is 7. The van der Waals surface area contributed by atoms with E-state index in [0.29, 0.717) is 36.4 Å². The molecule has 3 fully saturated rings. The monoisotopic (exact) mass is 613 g/mol. The number of carbonyl (C=O) groups is 1. The molecule has 0 spiro atoms. The Balaban J connectivity index is 1.27. The van der Waals surface area contributed by atoms with Crippen molar-refractivity contribution in [2.45, 2.75) is 69.1 Å². The van der Waals surface area contributed by atoms with Crippen LogP contribution in [0.25, 0.3) is 22.3 Å². The first-order valence-corrected chi connectivity index (χ1v) is 15.9. The highest BCUT2D eigenvalue weighted by Crippen LogP contribution is 2.41. The molecule has 5 heterocycles. The van der Waals surface area contributed by atoms with Crippen molar-refractivity contribution < 1.29 is 18.3 Å². The molecule has 3 aromatic rings. The Morgan fingerprint density at radius 3 is 2.80 bits per heavy atom. The van der Waals surface area contributed by atoms with E-state index in [4.69, 9.17) is 19.7 Å². The minimum absolute atomic E-state index is 0.0339. The second-order valence-electron chi connectivity index (χ2n) is 12.8. The lowest BCUT2D eigenvalue weighted by Crippen LogP contribution is -2.55. The summed E-state index contributed by atoms with van der Waals surface area (Å²) < 4.78 is 34.6. The Hall–Kier alpha value is -4.17. The molecule has 0 N–H and O–H groups in total. The number of rotatable bonds is 7. The molecule has 3 atom stereocenters. The molecular formula is C34H37F2N7O2. The first-order chi connectivity index (χ1) is 21.8. The lowest BCUT2D eigenvalue weighted by atomic mass is 9.87. The maximum atomic E-state index is 14.5. The molecule has 2 aromatic heterocycles. The molecule has 1 amide bonds. The van der Waals surface area contributed by atoms with Gasteiger partial charge in [0.15, 0.2) is 11.5 Å². The highest BCUT2D eigenvalue weighted by molar-refractivity contribution is 5.92. The fraction of sp³-hybridized carbons (Fsp3) is 0.500. The van der Waals surface area contributed by atoms with E-state index in [1.807, 2.05) is 17.0 Å². The first-order valence-electron chi connectivity index (χ1n) is 15.9. The topological polar surface area (TPSA) is 98.5 Å². The Bertz CT molecular complexity index is 1690. The van der Waals surface area contributed by atoms with Crippen molar-refractivity contribution >= 4 is 22.8 Å². The van der Waals surface area contributed by atoms with Gasteiger partial charge in [0.2, 0.25) is 0 Å². The zero-order valence-electron chi connectivity index (χ0n) is 25.4. The van der Waals surface area contributed by atoms with Crippen molar-refractivity contribution in [3.8, 4) is 23.3 Å². The SMILES string of the molecule is C=C(F)C(=O)N1CCN(c2nc(OC[C@@]34CCCN3C[C@H](F)C4)nc3nc(-c4cccc5c4CCCC5)ccc23)C[C@@H]1CC#N. The van der Waals surface area contributed by atoms with E-state index in [1.165, 1.54) is 22.4 Å². The van der Waals surface area contributed by atoms with Crippen LogP contribution in [0.2, 0.25) is 0 Å². The number of benzene rings is 1. The molecule has 4 aliphatic rings. The zero-order valence-corrected chi connectivity index (χ0v) is 25.4. The van der Waals surface area contributed by atoms with Crippen LogP contribution in [0, 0.1) is 11.3 Å². The van der Waals surface area contributed by atoms with Gasteiger partial charge in [-0.1, -0.05) is 24.8 Å². The van der Waals surface area contributed by atoms with E-state index in [9.17, 15) is 18.8 Å². The van der Waals surface area contributed by atoms with Crippen molar-refractivity contribution in [3.05, 3.63) is 53.9 Å². The number of ether oxygens (including phenoxy) is 1. The highest BCUT2D eigenvalue weighted by Gasteiger charge is 2.49. The van der Waals surface area contributed by atoms with Gasteiger partial charge < -0.3 is 14.5 Å². The summed E-state index contributed by atoms with van der Waals surface area (Å²) >= 11 is 0. The van der Waals surface area contributed by atoms with Crippen molar-refractivity contribution in [2.24, 2.45) is 0 Å². The molecule has 7 rings (SSSR count). The van der Waals surface area contributed by atoms with Crippen molar-refractivity contribution in [1.82, 2.24) is 24.8 Å². The summed E-state index contributed by atoms with van der Waals surface area (Å²) in [4.78, 5) is 32.8. The predicted molar refractivity (Wildman–Crippen MR) is 166 cm³/mol. The highest BCUT2D eigenvalue weighted by atomic mass is 19.1. The van der Waals surface area contributed by atoms with Crippen molar-refractivity contribution in [1.29, 1.82) is 5.26 Å². The number of amides is 1. The van der Waals surface area contributed by atoms with Crippen LogP contribution in [0.1, 0.15) is 49.7 Å². The third-order valence-electron chi connectivity index (χ3n) is 10.0. The number of halogens is 2. The molecule has 9 nitrogen and oxygen atoms in total. The Morgan fingerprint density at radius 2 is 1.96 bits per heavy atom. The average Bonchev–Trinajstić information content (AvgIpc) is 3.58. The zero-order chi connectivity index (χ0) is 31.1. The van der Waals surface area contributed by atoms with Gasteiger partial charge in [-0.05, 0) is 68.3 Å². The summed E-state index contributed by atoms with van der Waals surface area (Å²) in [6.45, 7) is 5.56. The first kappa shape index (κ1) is 29.5. The molecule has 0 radical (unpaired) electrons. The van der Waals surface area contributed by atoms with Gasteiger partial charge in [0, 0.05) is 38.2 Å². The third kappa shape index (κ3) is 5.50. The van der Waals surface area contributed by atoms with Crippen LogP contribution in [-0.2, 0) is 17.6 Å². The number of aromatic nitrogens is 3. The van der Waals surface area contributed by atoms with E-state index < -0.39 is 23.9 Å². The van der Waals surface area contributed by atoms with Gasteiger partial charge in [-0.15, -0.1) is 0 Å². The Labute approximate surface area is 261 Å². The minimum Gasteiger partial charge on any atom is -0.461 e. The molecule has 234 valence electrons. The van der Waals surface area contributed by atoms with Gasteiger partial charge in [0.25, 0.3) is 5.91 Å². The molecule has 0 unspecified atom stereocenters. The maximum absolute atomic E-state index is 14.5. The van der Waals surface area contributed by atoms with Crippen LogP contribution in [-0.4, -0.2) is 87.7 Å². The summed E-state index contributed by atoms with van der Waals surface area (Å²) in [5.74, 6) is -1.27. The third-order valence-corrected chi connectivity index (χ3v) is 10.0. The number of piperazine rings is 1. The van der Waals surface area contributed by atoms with E-state index in [-0.39, 0.29) is 37.7 Å². The van der Waals surface area contributed by atoms with Crippen molar-refractivity contribution in [2.75, 3.05) is 44.2 Å². The van der Waals surface area contributed by atoms with Gasteiger partial charge in [-0.2, -0.15) is 15.2 Å². The summed E-state index contributed by atoms with van der Waals surface area (Å²) in [5.41, 5.74) is 4.73. The van der Waals surface area contributed by atoms with Crippen LogP contribution in [0.5, 0.6) is 6.01 Å². The van der Waals surface area contributed by atoms with Gasteiger partial charge in [0.05, 0.1) is 35.2 Å². The molecule has 11 heteroatoms. The van der Waals surface area contributed by atoms with E-state index in [0.717, 1.165) is 49.9 Å². The molecule has 3 saturated heterocycles. The number of anilines is 1. The van der Waals surface area contributed by atoms with Crippen LogP contribution in [0.4, 0.5) is 14.6 Å². The fourth-order valence-electron chi connectivity index (χ4n) is 7.85. The average molecular weight is 614 g/mol. The minimum atomic E-state index is -1.04. The fourth-order valence-corrected chi connectivity index (χ4v) is 7.85. The summed E-state index contributed by atoms with van der Waals surface area (Å²) in [6.07, 6.45) is 5.86. The summed E-state index contributed by atoms with van der Waals surface area (Å²) in [6, 6.07) is 12.1. The quantitative estimate of drug-likeness (QED) is 0.346. The van der Waals surface area contributed by atoms with Crippen molar-refractivity contribution in [3.63, 3.8) is 0 Å². The lowest BCUT2D eigenvalue weighted by Gasteiger charge is -2.41. The number of carbonyl (C=O) groups excluding carboxylic acids is 1. The largest absolute Gasteiger partial charge is 0.461 e. The van der Waals surface area contributed by atoms with Gasteiger partial charge in [-0.25, -0.2) is 13.8 Å². The van der Waals surface area contributed by atoms with E-state index in [1.54, 1.807) is 0 Å². The lowest BCUT2D eigenvalue weighted by molar-refractivity contribution is -0.131. The number of fused-ring (bicyclic) bond motifs is 3. The summed E-state index contributed by atoms with van der Waals surface area (Å²) in [7, 11) is 0. The molecule has 0 bridgehead atoms. The number of pyridine rings is 1. The second kappa shape index (κ2) is 12.0. The number of aryl methyl sites for hydroxylation is 1. The number of hydrogen-bond acceptors (Lipinski definition) is 8. The van der Waals surface area contributed by atoms with E-state index >= 15 is 0 Å². The predicted octanol–water partition coefficient (Wildman–Crippen LogP) is 4.94. The van der Waals surface area contributed by atoms with Crippen LogP contribution >= 0.6 is 0 Å². The second-order valence-corrected chi connectivity index (χ2v) is 12.8. The molecule has 3 aliphatic heterocycles. The summed E-state index contributed by atoms with van der Waals surface area (Å²) in [5, 5.41) is 10.2. The number of alkyl halides is 1. The maximum Gasteiger partial charge on any atom is 0.320 e. The van der Waals surface area contributed by atoms with Crippen LogP contribution in [0.3, 0.4) is 0 Å². The van der Waals surface area contributed by atoms with Crippen LogP contribution in [0.15, 0.2) is 42.7 Å². The van der Waals surface area contributed by atoms with Gasteiger partial charge >= 0.3 is 6.01 Å². The molecule has 45 heavy (non-hydrogen) atoms. The molecule has 0 saturated carbocycles. The molecular weight excluding hydrogens is 576 g/mol. The Kier molecular flexibility index (Phi) is 7.86. The molecule has 1 aromatic carbocycles. The van der Waals surface area contributed by atoms with Gasteiger partial charge in [-0.3, -0.25) is 9.69 Å². The number of nitriles is 1.